The molecule has 3 aromatic rings. The zero-order valence-electron chi connectivity index (χ0n) is 16.4. The molecule has 0 bridgehead atoms. The number of nitrogens with zero attached hydrogens (tertiary/aromatic N) is 1. The Balaban J connectivity index is 2.22. The largest absolute Gasteiger partial charge is 0.272 e. The fourth-order valence-electron chi connectivity index (χ4n) is 2.93. The summed E-state index contributed by atoms with van der Waals surface area (Å²) in [5.74, 6) is -0.575. The number of amides is 1. The lowest BCUT2D eigenvalue weighted by atomic mass is 10.1. The molecule has 0 fully saturated rings. The molecule has 0 spiro atoms. The van der Waals surface area contributed by atoms with Crippen molar-refractivity contribution in [1.82, 2.24) is 0 Å². The number of rotatable bonds is 4. The number of anilines is 1. The summed E-state index contributed by atoms with van der Waals surface area (Å²) in [6, 6.07) is 18.7. The summed E-state index contributed by atoms with van der Waals surface area (Å²) in [4.78, 5) is 13.4. The maximum absolute atomic E-state index is 13.5. The van der Waals surface area contributed by atoms with Gasteiger partial charge in [-0.1, -0.05) is 47.5 Å². The van der Waals surface area contributed by atoms with Gasteiger partial charge in [0.25, 0.3) is 15.9 Å². The van der Waals surface area contributed by atoms with Gasteiger partial charge in [0.15, 0.2) is 0 Å². The van der Waals surface area contributed by atoms with Crippen LogP contribution in [0.15, 0.2) is 71.6 Å². The molecule has 0 aromatic heterocycles. The Hall–Kier alpha value is -2.92. The first-order valence-corrected chi connectivity index (χ1v) is 10.4. The lowest BCUT2D eigenvalue weighted by Crippen LogP contribution is -2.37. The minimum atomic E-state index is -4.08. The van der Waals surface area contributed by atoms with E-state index in [1.807, 2.05) is 33.8 Å². The van der Waals surface area contributed by atoms with Crippen molar-refractivity contribution in [2.45, 2.75) is 32.6 Å². The molecule has 28 heavy (non-hydrogen) atoms. The van der Waals surface area contributed by atoms with Crippen LogP contribution in [0.3, 0.4) is 0 Å². The molecule has 144 valence electrons. The molecular formula is C23H23NO3S. The van der Waals surface area contributed by atoms with Crippen molar-refractivity contribution in [3.8, 4) is 0 Å². The topological polar surface area (TPSA) is 54.5 Å². The van der Waals surface area contributed by atoms with E-state index in [1.165, 1.54) is 12.1 Å². The molecule has 0 aliphatic carbocycles. The highest BCUT2D eigenvalue weighted by atomic mass is 32.2. The Bertz CT molecular complexity index is 1120. The van der Waals surface area contributed by atoms with E-state index in [1.54, 1.807) is 48.5 Å². The lowest BCUT2D eigenvalue weighted by molar-refractivity contribution is 0.100. The second-order valence-electron chi connectivity index (χ2n) is 6.97. The van der Waals surface area contributed by atoms with Crippen LogP contribution in [-0.2, 0) is 10.0 Å². The molecule has 0 aliphatic heterocycles. The molecule has 0 radical (unpaired) electrons. The molecule has 0 N–H and O–H groups in total. The summed E-state index contributed by atoms with van der Waals surface area (Å²) >= 11 is 0. The highest BCUT2D eigenvalue weighted by Crippen LogP contribution is 2.30. The first-order valence-electron chi connectivity index (χ1n) is 9.01. The summed E-state index contributed by atoms with van der Waals surface area (Å²) in [6.07, 6.45) is 0. The van der Waals surface area contributed by atoms with E-state index < -0.39 is 15.9 Å². The second kappa shape index (κ2) is 7.60. The molecule has 0 saturated heterocycles. The Morgan fingerprint density at radius 3 is 1.86 bits per heavy atom. The Kier molecular flexibility index (Phi) is 5.38. The van der Waals surface area contributed by atoms with Crippen molar-refractivity contribution < 1.29 is 13.2 Å². The Morgan fingerprint density at radius 2 is 1.29 bits per heavy atom. The van der Waals surface area contributed by atoms with Gasteiger partial charge in [-0.2, -0.15) is 4.31 Å². The van der Waals surface area contributed by atoms with Gasteiger partial charge in [-0.3, -0.25) is 4.79 Å². The molecule has 0 saturated carbocycles. The maximum Gasteiger partial charge on any atom is 0.272 e. The zero-order chi connectivity index (χ0) is 20.5. The third-order valence-electron chi connectivity index (χ3n) is 4.84. The van der Waals surface area contributed by atoms with Crippen molar-refractivity contribution >= 4 is 21.6 Å². The van der Waals surface area contributed by atoms with Crippen molar-refractivity contribution in [1.29, 1.82) is 0 Å². The average Bonchev–Trinajstić information content (AvgIpc) is 2.66. The smallest absolute Gasteiger partial charge is 0.268 e. The van der Waals surface area contributed by atoms with E-state index in [4.69, 9.17) is 0 Å². The maximum atomic E-state index is 13.5. The SMILES string of the molecule is Cc1ccc(C(=O)N(c2cccc(C)c2C)S(=O)(=O)c2ccc(C)cc2)cc1. The minimum absolute atomic E-state index is 0.0828. The van der Waals surface area contributed by atoms with Crippen molar-refractivity contribution in [3.63, 3.8) is 0 Å². The summed E-state index contributed by atoms with van der Waals surface area (Å²) in [5.41, 5.74) is 4.30. The van der Waals surface area contributed by atoms with Gasteiger partial charge >= 0.3 is 0 Å². The van der Waals surface area contributed by atoms with Gasteiger partial charge in [-0.25, -0.2) is 8.42 Å². The summed E-state index contributed by atoms with van der Waals surface area (Å²) < 4.78 is 27.9. The minimum Gasteiger partial charge on any atom is -0.268 e. The number of hydrogen-bond donors (Lipinski definition) is 0. The summed E-state index contributed by atoms with van der Waals surface area (Å²) in [6.45, 7) is 7.52. The number of sulfonamides is 1. The summed E-state index contributed by atoms with van der Waals surface area (Å²) in [5, 5.41) is 0. The van der Waals surface area contributed by atoms with Crippen LogP contribution in [0.2, 0.25) is 0 Å². The molecule has 4 nitrogen and oxygen atoms in total. The average molecular weight is 394 g/mol. The first kappa shape index (κ1) is 19.8. The number of carbonyl (C=O) groups is 1. The van der Waals surface area contributed by atoms with Crippen molar-refractivity contribution in [2.24, 2.45) is 0 Å². The molecule has 1 amide bonds. The highest BCUT2D eigenvalue weighted by Gasteiger charge is 2.33. The van der Waals surface area contributed by atoms with E-state index in [9.17, 15) is 13.2 Å². The van der Waals surface area contributed by atoms with E-state index >= 15 is 0 Å². The van der Waals surface area contributed by atoms with Gasteiger partial charge in [0.2, 0.25) is 0 Å². The lowest BCUT2D eigenvalue weighted by Gasteiger charge is -2.25. The molecule has 3 rings (SSSR count). The predicted molar refractivity (Wildman–Crippen MR) is 112 cm³/mol. The van der Waals surface area contributed by atoms with Crippen LogP contribution < -0.4 is 4.31 Å². The monoisotopic (exact) mass is 393 g/mol. The molecule has 0 unspecified atom stereocenters. The number of benzene rings is 3. The molecule has 0 aliphatic rings. The number of aryl methyl sites for hydroxylation is 3. The zero-order valence-corrected chi connectivity index (χ0v) is 17.2. The molecular weight excluding hydrogens is 370 g/mol. The molecule has 0 heterocycles. The van der Waals surface area contributed by atoms with Crippen LogP contribution in [0.4, 0.5) is 5.69 Å². The van der Waals surface area contributed by atoms with Gasteiger partial charge in [0.05, 0.1) is 10.6 Å². The molecule has 5 heteroatoms. The van der Waals surface area contributed by atoms with Crippen LogP contribution in [0.25, 0.3) is 0 Å². The Morgan fingerprint density at radius 1 is 0.750 bits per heavy atom. The van der Waals surface area contributed by atoms with E-state index in [0.717, 1.165) is 26.6 Å². The van der Waals surface area contributed by atoms with E-state index in [-0.39, 0.29) is 4.90 Å². The third-order valence-corrected chi connectivity index (χ3v) is 6.55. The normalized spacial score (nSPS) is 11.3. The highest BCUT2D eigenvalue weighted by molar-refractivity contribution is 7.93. The van der Waals surface area contributed by atoms with Crippen LogP contribution in [0, 0.1) is 27.7 Å². The second-order valence-corrected chi connectivity index (χ2v) is 8.76. The van der Waals surface area contributed by atoms with Crippen LogP contribution in [0.5, 0.6) is 0 Å². The van der Waals surface area contributed by atoms with Crippen molar-refractivity contribution in [2.75, 3.05) is 4.31 Å². The van der Waals surface area contributed by atoms with Gasteiger partial charge in [0, 0.05) is 5.56 Å². The molecule has 0 atom stereocenters. The van der Waals surface area contributed by atoms with Gasteiger partial charge < -0.3 is 0 Å². The summed E-state index contributed by atoms with van der Waals surface area (Å²) in [7, 11) is -4.08. The first-order chi connectivity index (χ1) is 13.2. The van der Waals surface area contributed by atoms with Crippen LogP contribution >= 0.6 is 0 Å². The van der Waals surface area contributed by atoms with Crippen LogP contribution in [-0.4, -0.2) is 14.3 Å². The van der Waals surface area contributed by atoms with Crippen LogP contribution in [0.1, 0.15) is 32.6 Å². The predicted octanol–water partition coefficient (Wildman–Crippen LogP) is 4.96. The van der Waals surface area contributed by atoms with Gasteiger partial charge in [-0.05, 0) is 69.2 Å². The van der Waals surface area contributed by atoms with E-state index in [2.05, 4.69) is 0 Å². The van der Waals surface area contributed by atoms with Gasteiger partial charge in [-0.15, -0.1) is 0 Å². The van der Waals surface area contributed by atoms with Gasteiger partial charge in [0.1, 0.15) is 0 Å². The number of hydrogen-bond acceptors (Lipinski definition) is 3. The standard InChI is InChI=1S/C23H23NO3S/c1-16-8-12-20(13-9-16)23(25)24(22-7-5-6-18(3)19(22)4)28(26,27)21-14-10-17(2)11-15-21/h5-15H,1-4H3. The van der Waals surface area contributed by atoms with Crippen molar-refractivity contribution in [3.05, 3.63) is 94.5 Å². The quantitative estimate of drug-likeness (QED) is 0.630. The number of carbonyl (C=O) groups excluding carboxylic acids is 1. The fraction of sp³-hybridized carbons (Fsp3) is 0.174. The molecule has 3 aromatic carbocycles. The third kappa shape index (κ3) is 3.71. The van der Waals surface area contributed by atoms with E-state index in [0.29, 0.717) is 11.3 Å². The fourth-order valence-corrected chi connectivity index (χ4v) is 4.40. The Labute approximate surface area is 166 Å².